The van der Waals surface area contributed by atoms with E-state index in [1.54, 1.807) is 36.4 Å². The summed E-state index contributed by atoms with van der Waals surface area (Å²) < 4.78 is 6.13. The molecule has 7 nitrogen and oxygen atoms in total. The summed E-state index contributed by atoms with van der Waals surface area (Å²) in [6.07, 6.45) is 0. The number of aryl methyl sites for hydroxylation is 1. The first-order chi connectivity index (χ1) is 16.4. The molecule has 0 saturated carbocycles. The number of aromatic hydroxyl groups is 1. The molecule has 2 heterocycles. The maximum atomic E-state index is 13.3. The quantitative estimate of drug-likeness (QED) is 0.248. The fourth-order valence-electron chi connectivity index (χ4n) is 4.05. The topological polar surface area (TPSA) is 100.0 Å². The third-order valence-electron chi connectivity index (χ3n) is 5.74. The van der Waals surface area contributed by atoms with Gasteiger partial charge in [-0.2, -0.15) is 0 Å². The van der Waals surface area contributed by atoms with Gasteiger partial charge in [-0.15, -0.1) is 0 Å². The highest BCUT2D eigenvalue weighted by Crippen LogP contribution is 2.44. The van der Waals surface area contributed by atoms with Crippen molar-refractivity contribution in [1.82, 2.24) is 4.98 Å². The van der Waals surface area contributed by atoms with Gasteiger partial charge in [-0.1, -0.05) is 41.7 Å². The third-order valence-corrected chi connectivity index (χ3v) is 6.75. The number of nitrogens with zero attached hydrogens (tertiary/aromatic N) is 2. The highest BCUT2D eigenvalue weighted by molar-refractivity contribution is 7.22. The van der Waals surface area contributed by atoms with Crippen molar-refractivity contribution >= 4 is 44.1 Å². The van der Waals surface area contributed by atoms with Crippen molar-refractivity contribution in [1.29, 1.82) is 0 Å². The number of ether oxygens (including phenoxy) is 1. The van der Waals surface area contributed by atoms with E-state index in [1.807, 2.05) is 25.1 Å². The van der Waals surface area contributed by atoms with Crippen molar-refractivity contribution in [2.24, 2.45) is 0 Å². The van der Waals surface area contributed by atoms with Crippen molar-refractivity contribution in [3.63, 3.8) is 0 Å². The number of anilines is 1. The highest BCUT2D eigenvalue weighted by Gasteiger charge is 2.48. The highest BCUT2D eigenvalue weighted by atomic mass is 32.1. The van der Waals surface area contributed by atoms with E-state index in [-0.39, 0.29) is 17.1 Å². The van der Waals surface area contributed by atoms with Crippen LogP contribution in [0.2, 0.25) is 0 Å². The predicted molar refractivity (Wildman–Crippen MR) is 130 cm³/mol. The van der Waals surface area contributed by atoms with Crippen LogP contribution < -0.4 is 9.64 Å². The summed E-state index contributed by atoms with van der Waals surface area (Å²) in [5.74, 6) is -1.35. The van der Waals surface area contributed by atoms with Gasteiger partial charge in [0.2, 0.25) is 0 Å². The lowest BCUT2D eigenvalue weighted by atomic mass is 9.95. The number of aliphatic hydroxyl groups is 1. The zero-order valence-corrected chi connectivity index (χ0v) is 19.2. The SMILES string of the molecule is COc1cccc(C(O)=C2C(=O)C(=O)N(c3nc4ccc(C)cc4s3)[C@@H]2c2ccc(O)cc2)c1. The number of Topliss-reactive ketones (excluding diaryl/α,β-unsaturated/α-hetero) is 1. The molecule has 3 aromatic carbocycles. The van der Waals surface area contributed by atoms with Crippen molar-refractivity contribution in [2.75, 3.05) is 12.0 Å². The van der Waals surface area contributed by atoms with Crippen LogP contribution in [0, 0.1) is 6.92 Å². The zero-order chi connectivity index (χ0) is 24.0. The second kappa shape index (κ2) is 8.31. The summed E-state index contributed by atoms with van der Waals surface area (Å²) in [5.41, 5.74) is 2.61. The van der Waals surface area contributed by atoms with Crippen molar-refractivity contribution in [2.45, 2.75) is 13.0 Å². The maximum absolute atomic E-state index is 13.3. The van der Waals surface area contributed by atoms with Gasteiger partial charge in [-0.05, 0) is 54.4 Å². The Morgan fingerprint density at radius 3 is 2.56 bits per heavy atom. The van der Waals surface area contributed by atoms with Gasteiger partial charge in [0.05, 0.1) is 28.9 Å². The van der Waals surface area contributed by atoms with E-state index in [1.165, 1.54) is 35.5 Å². The number of carbonyl (C=O) groups is 2. The number of aromatic nitrogens is 1. The normalized spacial score (nSPS) is 17.5. The van der Waals surface area contributed by atoms with E-state index in [4.69, 9.17) is 4.74 Å². The average molecular weight is 473 g/mol. The number of rotatable bonds is 4. The van der Waals surface area contributed by atoms with Gasteiger partial charge < -0.3 is 14.9 Å². The van der Waals surface area contributed by atoms with E-state index in [2.05, 4.69) is 4.98 Å². The van der Waals surface area contributed by atoms with Crippen LogP contribution in [0.25, 0.3) is 16.0 Å². The molecule has 170 valence electrons. The number of methoxy groups -OCH3 is 1. The second-order valence-corrected chi connectivity index (χ2v) is 8.97. The van der Waals surface area contributed by atoms with Crippen molar-refractivity contribution in [3.8, 4) is 11.5 Å². The molecule has 1 aromatic heterocycles. The van der Waals surface area contributed by atoms with E-state index < -0.39 is 17.7 Å². The molecule has 1 saturated heterocycles. The molecule has 0 aliphatic carbocycles. The number of benzene rings is 3. The lowest BCUT2D eigenvalue weighted by molar-refractivity contribution is -0.132. The summed E-state index contributed by atoms with van der Waals surface area (Å²) in [7, 11) is 1.50. The summed E-state index contributed by atoms with van der Waals surface area (Å²) in [5, 5.41) is 21.4. The Kier molecular flexibility index (Phi) is 5.30. The molecular formula is C26H20N2O5S. The molecule has 1 amide bonds. The van der Waals surface area contributed by atoms with E-state index >= 15 is 0 Å². The second-order valence-electron chi connectivity index (χ2n) is 7.96. The van der Waals surface area contributed by atoms with Crippen LogP contribution >= 0.6 is 11.3 Å². The minimum absolute atomic E-state index is 0.0453. The van der Waals surface area contributed by atoms with Crippen LogP contribution in [0.5, 0.6) is 11.5 Å². The predicted octanol–water partition coefficient (Wildman–Crippen LogP) is 4.95. The van der Waals surface area contributed by atoms with E-state index in [0.29, 0.717) is 27.5 Å². The molecule has 2 N–H and O–H groups in total. The lowest BCUT2D eigenvalue weighted by Crippen LogP contribution is -2.29. The average Bonchev–Trinajstić information content (AvgIpc) is 3.37. The number of thiazole rings is 1. The number of hydrogen-bond donors (Lipinski definition) is 2. The molecule has 4 aromatic rings. The summed E-state index contributed by atoms with van der Waals surface area (Å²) >= 11 is 1.30. The zero-order valence-electron chi connectivity index (χ0n) is 18.4. The monoisotopic (exact) mass is 472 g/mol. The summed E-state index contributed by atoms with van der Waals surface area (Å²) in [4.78, 5) is 32.5. The molecule has 8 heteroatoms. The number of ketones is 1. The molecule has 1 atom stereocenters. The lowest BCUT2D eigenvalue weighted by Gasteiger charge is -2.23. The van der Waals surface area contributed by atoms with Gasteiger partial charge in [0.15, 0.2) is 5.13 Å². The Morgan fingerprint density at radius 2 is 1.82 bits per heavy atom. The van der Waals surface area contributed by atoms with E-state index in [9.17, 15) is 19.8 Å². The molecule has 0 radical (unpaired) electrons. The molecular weight excluding hydrogens is 452 g/mol. The fourth-order valence-corrected chi connectivity index (χ4v) is 5.14. The summed E-state index contributed by atoms with van der Waals surface area (Å²) in [6.45, 7) is 1.97. The minimum Gasteiger partial charge on any atom is -0.508 e. The molecule has 1 aliphatic heterocycles. The van der Waals surface area contributed by atoms with E-state index in [0.717, 1.165) is 10.3 Å². The van der Waals surface area contributed by atoms with Gasteiger partial charge in [0, 0.05) is 5.56 Å². The number of phenols is 1. The van der Waals surface area contributed by atoms with Gasteiger partial charge in [0.25, 0.3) is 5.78 Å². The molecule has 34 heavy (non-hydrogen) atoms. The first kappa shape index (κ1) is 21.7. The first-order valence-corrected chi connectivity index (χ1v) is 11.3. The van der Waals surface area contributed by atoms with Crippen LogP contribution in [0.1, 0.15) is 22.7 Å². The number of fused-ring (bicyclic) bond motifs is 1. The Labute approximate surface area is 199 Å². The largest absolute Gasteiger partial charge is 0.508 e. The number of amides is 1. The molecule has 0 spiro atoms. The Bertz CT molecular complexity index is 1470. The number of phenolic OH excluding ortho intramolecular Hbond substituents is 1. The molecule has 0 bridgehead atoms. The maximum Gasteiger partial charge on any atom is 0.301 e. The van der Waals surface area contributed by atoms with Crippen molar-refractivity contribution < 1.29 is 24.5 Å². The summed E-state index contributed by atoms with van der Waals surface area (Å²) in [6, 6.07) is 17.7. The van der Waals surface area contributed by atoms with Gasteiger partial charge in [-0.25, -0.2) is 4.98 Å². The van der Waals surface area contributed by atoms with Crippen LogP contribution in [0.4, 0.5) is 5.13 Å². The molecule has 1 aliphatic rings. The Hall–Kier alpha value is -4.17. The first-order valence-electron chi connectivity index (χ1n) is 10.5. The van der Waals surface area contributed by atoms with Crippen LogP contribution in [-0.2, 0) is 9.59 Å². The molecule has 5 rings (SSSR count). The fraction of sp³-hybridized carbons (Fsp3) is 0.115. The molecule has 1 fully saturated rings. The van der Waals surface area contributed by atoms with Crippen molar-refractivity contribution in [3.05, 3.63) is 89.0 Å². The third kappa shape index (κ3) is 3.58. The van der Waals surface area contributed by atoms with Crippen LogP contribution in [0.15, 0.2) is 72.3 Å². The number of hydrogen-bond acceptors (Lipinski definition) is 7. The van der Waals surface area contributed by atoms with Gasteiger partial charge in [0.1, 0.15) is 17.3 Å². The van der Waals surface area contributed by atoms with Crippen LogP contribution in [0.3, 0.4) is 0 Å². The Morgan fingerprint density at radius 1 is 1.06 bits per heavy atom. The van der Waals surface area contributed by atoms with Gasteiger partial charge in [-0.3, -0.25) is 14.5 Å². The number of aliphatic hydroxyl groups excluding tert-OH is 1. The Balaban J connectivity index is 1.73. The standard InChI is InChI=1S/C26H20N2O5S/c1-14-6-11-19-20(12-14)34-26(27-19)28-22(15-7-9-17(29)10-8-15)21(24(31)25(28)32)23(30)16-4-3-5-18(13-16)33-2/h3-13,22,29-30H,1-2H3/t22-/m1/s1. The minimum atomic E-state index is -0.923. The van der Waals surface area contributed by atoms with Crippen LogP contribution in [-0.4, -0.2) is 34.0 Å². The smallest absolute Gasteiger partial charge is 0.301 e. The molecule has 0 unspecified atom stereocenters. The number of carbonyl (C=O) groups excluding carboxylic acids is 2. The van der Waals surface area contributed by atoms with Gasteiger partial charge >= 0.3 is 5.91 Å².